The molecule has 1 aromatic rings. The molecule has 0 saturated carbocycles. The van der Waals surface area contributed by atoms with Crippen molar-refractivity contribution in [1.82, 2.24) is 16.5 Å². The number of carbonyl (C=O) groups excluding carboxylic acids is 1. The van der Waals surface area contributed by atoms with Crippen molar-refractivity contribution in [3.05, 3.63) is 29.3 Å². The monoisotopic (exact) mass is 250 g/mol. The molecule has 0 atom stereocenters. The van der Waals surface area contributed by atoms with Crippen molar-refractivity contribution in [1.29, 1.82) is 0 Å². The average molecular weight is 250 g/mol. The van der Waals surface area contributed by atoms with E-state index in [-0.39, 0.29) is 0 Å². The fraction of sp³-hybridized carbons (Fsp3) is 0.273. The fourth-order valence-electron chi connectivity index (χ4n) is 1.56. The lowest BCUT2D eigenvalue weighted by atomic mass is 10.1. The van der Waals surface area contributed by atoms with E-state index >= 15 is 0 Å². The van der Waals surface area contributed by atoms with Crippen LogP contribution < -0.4 is 21.2 Å². The molecule has 96 valence electrons. The number of nitrogens with one attached hydrogen (secondary N) is 3. The summed E-state index contributed by atoms with van der Waals surface area (Å²) in [6, 6.07) is 5.10. The van der Waals surface area contributed by atoms with E-state index in [0.717, 1.165) is 5.56 Å². The van der Waals surface area contributed by atoms with E-state index in [1.54, 1.807) is 18.2 Å². The molecule has 0 saturated heterocycles. The van der Waals surface area contributed by atoms with Crippen molar-refractivity contribution in [3.63, 3.8) is 0 Å². The number of hydrogen-bond donors (Lipinski definition) is 3. The summed E-state index contributed by atoms with van der Waals surface area (Å²) in [6.07, 6.45) is 0. The number of rotatable bonds is 4. The van der Waals surface area contributed by atoms with Gasteiger partial charge in [0, 0.05) is 5.56 Å². The molecular weight excluding hydrogens is 236 g/mol. The van der Waals surface area contributed by atoms with Gasteiger partial charge in [-0.15, -0.1) is 10.6 Å². The van der Waals surface area contributed by atoms with Gasteiger partial charge in [-0.3, -0.25) is 5.43 Å². The summed E-state index contributed by atoms with van der Waals surface area (Å²) >= 11 is 0. The molecule has 1 aliphatic heterocycles. The summed E-state index contributed by atoms with van der Waals surface area (Å²) in [5.41, 5.74) is 9.12. The van der Waals surface area contributed by atoms with E-state index in [1.807, 2.05) is 6.92 Å². The van der Waals surface area contributed by atoms with Gasteiger partial charge in [0.05, 0.1) is 19.3 Å². The van der Waals surface area contributed by atoms with Crippen LogP contribution in [0.4, 0.5) is 0 Å². The standard InChI is InChI=1S/C11H14N4O3/c1-3-18-9-5-7(10-12-14-15-13-10)4-8(6-9)11(16)17-2/h4-6,14-15H,3H2,1-2H3,(H,12,13). The van der Waals surface area contributed by atoms with Gasteiger partial charge in [0.15, 0.2) is 5.84 Å². The minimum Gasteiger partial charge on any atom is -0.494 e. The molecular formula is C11H14N4O3. The maximum Gasteiger partial charge on any atom is 0.338 e. The van der Waals surface area contributed by atoms with Crippen molar-refractivity contribution in [2.75, 3.05) is 13.7 Å². The molecule has 18 heavy (non-hydrogen) atoms. The molecule has 0 unspecified atom stereocenters. The Balaban J connectivity index is 2.38. The van der Waals surface area contributed by atoms with Gasteiger partial charge in [0.1, 0.15) is 5.75 Å². The van der Waals surface area contributed by atoms with Crippen LogP contribution in [0.2, 0.25) is 0 Å². The molecule has 2 rings (SSSR count). The van der Waals surface area contributed by atoms with Gasteiger partial charge < -0.3 is 9.47 Å². The third kappa shape index (κ3) is 2.51. The van der Waals surface area contributed by atoms with Crippen LogP contribution in [0.5, 0.6) is 5.75 Å². The Kier molecular flexibility index (Phi) is 3.63. The van der Waals surface area contributed by atoms with Gasteiger partial charge in [-0.1, -0.05) is 0 Å². The van der Waals surface area contributed by atoms with Gasteiger partial charge >= 0.3 is 5.97 Å². The summed E-state index contributed by atoms with van der Waals surface area (Å²) in [4.78, 5) is 11.6. The lowest BCUT2D eigenvalue weighted by Gasteiger charge is -2.09. The van der Waals surface area contributed by atoms with Gasteiger partial charge in [-0.25, -0.2) is 10.3 Å². The number of carbonyl (C=O) groups is 1. The lowest BCUT2D eigenvalue weighted by Crippen LogP contribution is -2.35. The Morgan fingerprint density at radius 1 is 1.39 bits per heavy atom. The zero-order valence-corrected chi connectivity index (χ0v) is 10.1. The highest BCUT2D eigenvalue weighted by Gasteiger charge is 2.14. The second-order valence-electron chi connectivity index (χ2n) is 3.49. The van der Waals surface area contributed by atoms with Gasteiger partial charge in [0.25, 0.3) is 0 Å². The maximum absolute atomic E-state index is 11.6. The zero-order valence-electron chi connectivity index (χ0n) is 10.1. The van der Waals surface area contributed by atoms with Crippen LogP contribution in [0.25, 0.3) is 0 Å². The quantitative estimate of drug-likeness (QED) is 0.659. The second kappa shape index (κ2) is 5.37. The van der Waals surface area contributed by atoms with Gasteiger partial charge in [0.2, 0.25) is 0 Å². The Labute approximate surface area is 104 Å². The van der Waals surface area contributed by atoms with Gasteiger partial charge in [-0.2, -0.15) is 0 Å². The third-order valence-corrected chi connectivity index (χ3v) is 2.32. The van der Waals surface area contributed by atoms with Crippen LogP contribution in [0, 0.1) is 0 Å². The number of benzene rings is 1. The number of amidine groups is 1. The predicted octanol–water partition coefficient (Wildman–Crippen LogP) is 0.146. The van der Waals surface area contributed by atoms with Gasteiger partial charge in [-0.05, 0) is 25.1 Å². The number of hydrazine groups is 2. The average Bonchev–Trinajstić information content (AvgIpc) is 2.91. The second-order valence-corrected chi connectivity index (χ2v) is 3.49. The van der Waals surface area contributed by atoms with Crippen molar-refractivity contribution >= 4 is 11.8 Å². The topological polar surface area (TPSA) is 84.0 Å². The van der Waals surface area contributed by atoms with E-state index in [9.17, 15) is 4.79 Å². The first-order chi connectivity index (χ1) is 8.74. The number of hydrogen-bond acceptors (Lipinski definition) is 7. The Morgan fingerprint density at radius 2 is 2.22 bits per heavy atom. The fourth-order valence-corrected chi connectivity index (χ4v) is 1.56. The van der Waals surface area contributed by atoms with Crippen LogP contribution in [0.15, 0.2) is 23.3 Å². The van der Waals surface area contributed by atoms with Crippen molar-refractivity contribution in [2.45, 2.75) is 6.92 Å². The summed E-state index contributed by atoms with van der Waals surface area (Å²) in [6.45, 7) is 2.39. The molecule has 7 heteroatoms. The maximum atomic E-state index is 11.6. The molecule has 0 spiro atoms. The van der Waals surface area contributed by atoms with Crippen LogP contribution >= 0.6 is 0 Å². The highest BCUT2D eigenvalue weighted by Crippen LogP contribution is 2.18. The first kappa shape index (κ1) is 12.2. The normalized spacial score (nSPS) is 13.3. The number of hydrazone groups is 1. The molecule has 0 amide bonds. The highest BCUT2D eigenvalue weighted by molar-refractivity contribution is 6.01. The SMILES string of the molecule is CCOc1cc(C(=O)OC)cc(C2=NNNN2)c1. The number of nitrogens with zero attached hydrogens (tertiary/aromatic N) is 1. The molecule has 1 heterocycles. The first-order valence-electron chi connectivity index (χ1n) is 5.45. The summed E-state index contributed by atoms with van der Waals surface area (Å²) < 4.78 is 10.1. The first-order valence-corrected chi connectivity index (χ1v) is 5.45. The largest absolute Gasteiger partial charge is 0.494 e. The Hall–Kier alpha value is -2.28. The molecule has 0 fully saturated rings. The van der Waals surface area contributed by atoms with E-state index in [2.05, 4.69) is 21.6 Å². The molecule has 1 aliphatic rings. The predicted molar refractivity (Wildman–Crippen MR) is 64.9 cm³/mol. The van der Waals surface area contributed by atoms with Crippen LogP contribution in [0.1, 0.15) is 22.8 Å². The van der Waals surface area contributed by atoms with Crippen LogP contribution in [-0.4, -0.2) is 25.5 Å². The lowest BCUT2D eigenvalue weighted by molar-refractivity contribution is 0.0600. The minimum absolute atomic E-state index is 0.412. The molecule has 0 radical (unpaired) electrons. The number of ether oxygens (including phenoxy) is 2. The van der Waals surface area contributed by atoms with E-state index in [4.69, 9.17) is 9.47 Å². The zero-order chi connectivity index (χ0) is 13.0. The molecule has 0 aliphatic carbocycles. The molecule has 7 nitrogen and oxygen atoms in total. The summed E-state index contributed by atoms with van der Waals surface area (Å²) in [5, 5.41) is 3.97. The summed E-state index contributed by atoms with van der Waals surface area (Å²) in [7, 11) is 1.34. The highest BCUT2D eigenvalue weighted by atomic mass is 16.5. The van der Waals surface area contributed by atoms with E-state index in [1.165, 1.54) is 7.11 Å². The third-order valence-electron chi connectivity index (χ3n) is 2.32. The Morgan fingerprint density at radius 3 is 2.83 bits per heavy atom. The number of esters is 1. The van der Waals surface area contributed by atoms with Crippen LogP contribution in [0.3, 0.4) is 0 Å². The minimum atomic E-state index is -0.419. The van der Waals surface area contributed by atoms with Crippen molar-refractivity contribution < 1.29 is 14.3 Å². The Bertz CT molecular complexity index is 487. The van der Waals surface area contributed by atoms with E-state index < -0.39 is 5.97 Å². The van der Waals surface area contributed by atoms with Crippen molar-refractivity contribution in [3.8, 4) is 5.75 Å². The number of methoxy groups -OCH3 is 1. The van der Waals surface area contributed by atoms with Crippen molar-refractivity contribution in [2.24, 2.45) is 5.10 Å². The van der Waals surface area contributed by atoms with E-state index in [0.29, 0.717) is 23.8 Å². The smallest absolute Gasteiger partial charge is 0.338 e. The molecule has 3 N–H and O–H groups in total. The molecule has 0 bridgehead atoms. The van der Waals surface area contributed by atoms with Crippen LogP contribution in [-0.2, 0) is 4.74 Å². The summed E-state index contributed by atoms with van der Waals surface area (Å²) in [5.74, 6) is 0.742. The molecule has 0 aromatic heterocycles. The molecule has 1 aromatic carbocycles.